The van der Waals surface area contributed by atoms with Crippen molar-refractivity contribution in [2.45, 2.75) is 0 Å². The lowest BCUT2D eigenvalue weighted by atomic mass is 10.6. The van der Waals surface area contributed by atoms with E-state index < -0.39 is 0 Å². The fraction of sp³-hybridized carbons (Fsp3) is 0.833. The second kappa shape index (κ2) is 6.01. The Hall–Kier alpha value is -0.120. The second-order valence-electron chi connectivity index (χ2n) is 1.98. The number of nitrogens with two attached hydrogens (primary N) is 1. The number of likely N-dealkylation sites (N-methyl/N-ethyl adjacent to an activating group) is 1. The summed E-state index contributed by atoms with van der Waals surface area (Å²) in [6.45, 7) is 2.83. The molecule has 0 heterocycles. The molecule has 0 aliphatic heterocycles. The quantitative estimate of drug-likeness (QED) is 0.410. The van der Waals surface area contributed by atoms with Crippen LogP contribution in [0.4, 0.5) is 0 Å². The van der Waals surface area contributed by atoms with Gasteiger partial charge in [0.1, 0.15) is 0 Å². The van der Waals surface area contributed by atoms with E-state index in [1.165, 1.54) is 0 Å². The molecule has 56 valence electrons. The van der Waals surface area contributed by atoms with Crippen LogP contribution in [0.5, 0.6) is 0 Å². The van der Waals surface area contributed by atoms with E-state index in [0.29, 0.717) is 13.2 Å². The van der Waals surface area contributed by atoms with Crippen LogP contribution in [0.3, 0.4) is 0 Å². The van der Waals surface area contributed by atoms with Gasteiger partial charge in [0.05, 0.1) is 13.2 Å². The fourth-order valence-electron chi connectivity index (χ4n) is 0.406. The molecule has 9 heavy (non-hydrogen) atoms. The molecule has 0 aromatic rings. The highest BCUT2D eigenvalue weighted by atomic mass is 16.5. The first-order valence-corrected chi connectivity index (χ1v) is 3.07. The average Bonchev–Trinajstić information content (AvgIpc) is 1.80. The summed E-state index contributed by atoms with van der Waals surface area (Å²) in [6, 6.07) is 0. The van der Waals surface area contributed by atoms with E-state index in [1.54, 1.807) is 0 Å². The highest BCUT2D eigenvalue weighted by molar-refractivity contribution is 4.44. The standard InChI is InChI=1S/C6H15N2O/c1-8(2)4-6-9-5-3-7/h1,3-7H2,2H3/q-1. The average molecular weight is 131 g/mol. The van der Waals surface area contributed by atoms with Gasteiger partial charge >= 0.3 is 0 Å². The van der Waals surface area contributed by atoms with E-state index in [2.05, 4.69) is 7.05 Å². The van der Waals surface area contributed by atoms with Crippen molar-refractivity contribution in [1.82, 2.24) is 4.90 Å². The summed E-state index contributed by atoms with van der Waals surface area (Å²) in [5.74, 6) is 0. The van der Waals surface area contributed by atoms with Crippen molar-refractivity contribution < 1.29 is 4.74 Å². The van der Waals surface area contributed by atoms with Crippen LogP contribution in [0, 0.1) is 7.05 Å². The van der Waals surface area contributed by atoms with E-state index in [9.17, 15) is 0 Å². The van der Waals surface area contributed by atoms with Gasteiger partial charge in [-0.15, -0.1) is 0 Å². The number of nitrogens with zero attached hydrogens (tertiary/aromatic N) is 1. The molecule has 0 saturated heterocycles. The predicted molar refractivity (Wildman–Crippen MR) is 37.9 cm³/mol. The first-order valence-electron chi connectivity index (χ1n) is 3.07. The lowest BCUT2D eigenvalue weighted by Gasteiger charge is -2.16. The molecule has 0 fully saturated rings. The summed E-state index contributed by atoms with van der Waals surface area (Å²) < 4.78 is 5.09. The Balaban J connectivity index is 2.75. The fourth-order valence-corrected chi connectivity index (χ4v) is 0.406. The van der Waals surface area contributed by atoms with Crippen molar-refractivity contribution in [1.29, 1.82) is 0 Å². The second-order valence-corrected chi connectivity index (χ2v) is 1.98. The maximum atomic E-state index is 5.19. The monoisotopic (exact) mass is 131 g/mol. The molecule has 0 unspecified atom stereocenters. The van der Waals surface area contributed by atoms with Gasteiger partial charge in [-0.3, -0.25) is 7.05 Å². The Morgan fingerprint density at radius 1 is 1.56 bits per heavy atom. The van der Waals surface area contributed by atoms with Gasteiger partial charge in [0.15, 0.2) is 0 Å². The van der Waals surface area contributed by atoms with Crippen LogP contribution < -0.4 is 5.73 Å². The third-order valence-electron chi connectivity index (χ3n) is 0.880. The summed E-state index contributed by atoms with van der Waals surface area (Å²) in [5.41, 5.74) is 5.19. The van der Waals surface area contributed by atoms with Crippen molar-refractivity contribution in [2.75, 3.05) is 33.4 Å². The molecule has 3 nitrogen and oxygen atoms in total. The highest BCUT2D eigenvalue weighted by Crippen LogP contribution is 1.77. The van der Waals surface area contributed by atoms with E-state index in [4.69, 9.17) is 10.5 Å². The minimum absolute atomic E-state index is 0.598. The number of rotatable bonds is 5. The van der Waals surface area contributed by atoms with Gasteiger partial charge in [0, 0.05) is 6.54 Å². The van der Waals surface area contributed by atoms with Crippen LogP contribution in [0.1, 0.15) is 0 Å². The normalized spacial score (nSPS) is 10.7. The van der Waals surface area contributed by atoms with E-state index in [1.807, 2.05) is 11.9 Å². The molecule has 0 aliphatic carbocycles. The van der Waals surface area contributed by atoms with Gasteiger partial charge in [-0.05, 0) is 13.6 Å². The molecule has 0 aliphatic rings. The molecule has 0 aromatic carbocycles. The largest absolute Gasteiger partial charge is 0.460 e. The van der Waals surface area contributed by atoms with E-state index in [-0.39, 0.29) is 0 Å². The number of ether oxygens (including phenoxy) is 1. The van der Waals surface area contributed by atoms with Gasteiger partial charge in [-0.25, -0.2) is 0 Å². The maximum absolute atomic E-state index is 5.19. The Morgan fingerprint density at radius 3 is 2.67 bits per heavy atom. The van der Waals surface area contributed by atoms with Crippen molar-refractivity contribution >= 4 is 0 Å². The lowest BCUT2D eigenvalue weighted by Crippen LogP contribution is -2.18. The summed E-state index contributed by atoms with van der Waals surface area (Å²) in [6.07, 6.45) is 0. The molecule has 0 bridgehead atoms. The van der Waals surface area contributed by atoms with Crippen molar-refractivity contribution in [3.8, 4) is 0 Å². The van der Waals surface area contributed by atoms with Crippen LogP contribution in [0.15, 0.2) is 0 Å². The summed E-state index contributed by atoms with van der Waals surface area (Å²) in [4.78, 5) is 1.83. The van der Waals surface area contributed by atoms with E-state index >= 15 is 0 Å². The zero-order chi connectivity index (χ0) is 7.11. The first kappa shape index (κ1) is 8.88. The molecule has 0 amide bonds. The highest BCUT2D eigenvalue weighted by Gasteiger charge is 1.83. The summed E-state index contributed by atoms with van der Waals surface area (Å²) in [5, 5.41) is 0. The summed E-state index contributed by atoms with van der Waals surface area (Å²) in [7, 11) is 5.57. The lowest BCUT2D eigenvalue weighted by molar-refractivity contribution is 0.127. The Bertz CT molecular complexity index is 57.0. The zero-order valence-electron chi connectivity index (χ0n) is 5.97. The minimum Gasteiger partial charge on any atom is -0.460 e. The SMILES string of the molecule is [CH2-]N(C)CCOCCN. The molecule has 0 saturated carbocycles. The third kappa shape index (κ3) is 7.88. The maximum Gasteiger partial charge on any atom is 0.0589 e. The number of hydrogen-bond acceptors (Lipinski definition) is 3. The molecule has 3 heteroatoms. The topological polar surface area (TPSA) is 38.5 Å². The molecular weight excluding hydrogens is 116 g/mol. The molecule has 0 aromatic heterocycles. The zero-order valence-corrected chi connectivity index (χ0v) is 5.97. The Kier molecular flexibility index (Phi) is 5.93. The molecule has 0 rings (SSSR count). The van der Waals surface area contributed by atoms with E-state index in [0.717, 1.165) is 13.2 Å². The smallest absolute Gasteiger partial charge is 0.0589 e. The molecule has 0 atom stereocenters. The van der Waals surface area contributed by atoms with Gasteiger partial charge in [0.25, 0.3) is 0 Å². The van der Waals surface area contributed by atoms with Gasteiger partial charge in [0.2, 0.25) is 0 Å². The Morgan fingerprint density at radius 2 is 2.22 bits per heavy atom. The number of hydrogen-bond donors (Lipinski definition) is 1. The molecule has 2 N–H and O–H groups in total. The molecule has 0 spiro atoms. The Labute approximate surface area is 56.8 Å². The van der Waals surface area contributed by atoms with Crippen LogP contribution in [-0.4, -0.2) is 38.3 Å². The minimum atomic E-state index is 0.598. The van der Waals surface area contributed by atoms with Gasteiger partial charge < -0.3 is 15.4 Å². The van der Waals surface area contributed by atoms with Gasteiger partial charge in [-0.1, -0.05) is 0 Å². The van der Waals surface area contributed by atoms with Crippen molar-refractivity contribution in [3.63, 3.8) is 0 Å². The van der Waals surface area contributed by atoms with Crippen LogP contribution >= 0.6 is 0 Å². The molecule has 0 radical (unpaired) electrons. The summed E-state index contributed by atoms with van der Waals surface area (Å²) >= 11 is 0. The van der Waals surface area contributed by atoms with Gasteiger partial charge in [-0.2, -0.15) is 0 Å². The molecular formula is C6H15N2O-. The van der Waals surface area contributed by atoms with Crippen molar-refractivity contribution in [2.24, 2.45) is 5.73 Å². The van der Waals surface area contributed by atoms with Crippen LogP contribution in [0.2, 0.25) is 0 Å². The first-order chi connectivity index (χ1) is 4.27. The van der Waals surface area contributed by atoms with Crippen LogP contribution in [-0.2, 0) is 4.74 Å². The van der Waals surface area contributed by atoms with Crippen molar-refractivity contribution in [3.05, 3.63) is 7.05 Å². The van der Waals surface area contributed by atoms with Crippen LogP contribution in [0.25, 0.3) is 0 Å². The third-order valence-corrected chi connectivity index (χ3v) is 0.880. The predicted octanol–water partition coefficient (Wildman–Crippen LogP) is -0.315.